The molecule has 0 aliphatic carbocycles. The lowest BCUT2D eigenvalue weighted by atomic mass is 10.1. The van der Waals surface area contributed by atoms with Gasteiger partial charge in [-0.3, -0.25) is 0 Å². The maximum absolute atomic E-state index is 6.26. The number of ether oxygens (including phenoxy) is 1. The van der Waals surface area contributed by atoms with E-state index in [-0.39, 0.29) is 5.38 Å². The second-order valence-corrected chi connectivity index (χ2v) is 4.43. The Bertz CT molecular complexity index is 312. The van der Waals surface area contributed by atoms with Crippen LogP contribution in [-0.4, -0.2) is 7.11 Å². The SMILES string of the molecule is CCCCC(Cl)c1ccc(OC)cc1Cl. The Morgan fingerprint density at radius 2 is 2.13 bits per heavy atom. The van der Waals surface area contributed by atoms with E-state index in [0.29, 0.717) is 5.02 Å². The monoisotopic (exact) mass is 246 g/mol. The van der Waals surface area contributed by atoms with Crippen LogP contribution in [0.25, 0.3) is 0 Å². The average Bonchev–Trinajstić information content (AvgIpc) is 2.25. The van der Waals surface area contributed by atoms with Gasteiger partial charge >= 0.3 is 0 Å². The first-order valence-electron chi connectivity index (χ1n) is 5.16. The molecule has 0 spiro atoms. The maximum atomic E-state index is 6.26. The van der Waals surface area contributed by atoms with Crippen LogP contribution < -0.4 is 4.74 Å². The van der Waals surface area contributed by atoms with E-state index in [9.17, 15) is 0 Å². The summed E-state index contributed by atoms with van der Waals surface area (Å²) in [6, 6.07) is 5.63. The van der Waals surface area contributed by atoms with E-state index in [1.807, 2.05) is 12.1 Å². The van der Waals surface area contributed by atoms with Gasteiger partial charge in [-0.05, 0) is 24.1 Å². The van der Waals surface area contributed by atoms with E-state index in [1.54, 1.807) is 13.2 Å². The average molecular weight is 247 g/mol. The zero-order valence-electron chi connectivity index (χ0n) is 9.09. The summed E-state index contributed by atoms with van der Waals surface area (Å²) < 4.78 is 5.08. The van der Waals surface area contributed by atoms with Gasteiger partial charge in [-0.2, -0.15) is 0 Å². The Hall–Kier alpha value is -0.400. The van der Waals surface area contributed by atoms with Crippen LogP contribution in [-0.2, 0) is 0 Å². The van der Waals surface area contributed by atoms with E-state index in [0.717, 1.165) is 30.6 Å². The van der Waals surface area contributed by atoms with Gasteiger partial charge in [-0.15, -0.1) is 11.6 Å². The second-order valence-electron chi connectivity index (χ2n) is 3.50. The number of benzene rings is 1. The highest BCUT2D eigenvalue weighted by molar-refractivity contribution is 6.32. The first kappa shape index (κ1) is 12.7. The van der Waals surface area contributed by atoms with Crippen molar-refractivity contribution in [2.75, 3.05) is 7.11 Å². The number of halogens is 2. The number of alkyl halides is 1. The van der Waals surface area contributed by atoms with Crippen molar-refractivity contribution in [2.24, 2.45) is 0 Å². The molecule has 84 valence electrons. The van der Waals surface area contributed by atoms with Crippen LogP contribution in [0.2, 0.25) is 5.02 Å². The first-order chi connectivity index (χ1) is 7.19. The van der Waals surface area contributed by atoms with Crippen molar-refractivity contribution in [2.45, 2.75) is 31.6 Å². The van der Waals surface area contributed by atoms with Gasteiger partial charge in [0.25, 0.3) is 0 Å². The number of hydrogen-bond donors (Lipinski definition) is 0. The summed E-state index contributed by atoms with van der Waals surface area (Å²) in [5, 5.41) is 0.689. The minimum absolute atomic E-state index is 0.00311. The number of rotatable bonds is 5. The van der Waals surface area contributed by atoms with Gasteiger partial charge < -0.3 is 4.74 Å². The van der Waals surface area contributed by atoms with Crippen molar-refractivity contribution < 1.29 is 4.74 Å². The van der Waals surface area contributed by atoms with E-state index < -0.39 is 0 Å². The van der Waals surface area contributed by atoms with Crippen LogP contribution in [0.5, 0.6) is 5.75 Å². The lowest BCUT2D eigenvalue weighted by Gasteiger charge is -2.12. The molecule has 0 saturated carbocycles. The normalized spacial score (nSPS) is 12.5. The van der Waals surface area contributed by atoms with Crippen molar-refractivity contribution in [3.63, 3.8) is 0 Å². The Balaban J connectivity index is 2.76. The summed E-state index contributed by atoms with van der Waals surface area (Å²) in [7, 11) is 1.63. The molecule has 3 heteroatoms. The molecule has 0 heterocycles. The lowest BCUT2D eigenvalue weighted by molar-refractivity contribution is 0.414. The maximum Gasteiger partial charge on any atom is 0.120 e. The summed E-state index contributed by atoms with van der Waals surface area (Å²) in [5.74, 6) is 0.767. The highest BCUT2D eigenvalue weighted by Gasteiger charge is 2.11. The minimum Gasteiger partial charge on any atom is -0.497 e. The molecule has 0 saturated heterocycles. The minimum atomic E-state index is 0.00311. The molecule has 1 aromatic rings. The highest BCUT2D eigenvalue weighted by Crippen LogP contribution is 2.33. The predicted molar refractivity (Wildman–Crippen MR) is 66.1 cm³/mol. The van der Waals surface area contributed by atoms with Gasteiger partial charge in [-0.25, -0.2) is 0 Å². The van der Waals surface area contributed by atoms with Crippen molar-refractivity contribution >= 4 is 23.2 Å². The summed E-state index contributed by atoms with van der Waals surface area (Å²) in [5.41, 5.74) is 0.993. The molecule has 0 N–H and O–H groups in total. The molecule has 0 fully saturated rings. The molecule has 1 atom stereocenters. The van der Waals surface area contributed by atoms with Gasteiger partial charge in [0.2, 0.25) is 0 Å². The van der Waals surface area contributed by atoms with E-state index >= 15 is 0 Å². The molecular weight excluding hydrogens is 231 g/mol. The third-order valence-corrected chi connectivity index (χ3v) is 3.14. The zero-order valence-corrected chi connectivity index (χ0v) is 10.6. The zero-order chi connectivity index (χ0) is 11.3. The van der Waals surface area contributed by atoms with Crippen molar-refractivity contribution in [1.82, 2.24) is 0 Å². The summed E-state index contributed by atoms with van der Waals surface area (Å²) in [6.45, 7) is 2.15. The fourth-order valence-corrected chi connectivity index (χ4v) is 2.13. The molecule has 1 rings (SSSR count). The molecule has 1 nitrogen and oxygen atoms in total. The molecule has 0 aromatic heterocycles. The van der Waals surface area contributed by atoms with Crippen LogP contribution in [0.3, 0.4) is 0 Å². The topological polar surface area (TPSA) is 9.23 Å². The van der Waals surface area contributed by atoms with E-state index in [2.05, 4.69) is 6.92 Å². The van der Waals surface area contributed by atoms with Gasteiger partial charge in [0.15, 0.2) is 0 Å². The van der Waals surface area contributed by atoms with Gasteiger partial charge in [0.05, 0.1) is 12.5 Å². The van der Waals surface area contributed by atoms with Gasteiger partial charge in [-0.1, -0.05) is 37.4 Å². The standard InChI is InChI=1S/C12H16Cl2O/c1-3-4-5-11(13)10-7-6-9(15-2)8-12(10)14/h6-8,11H,3-5H2,1-2H3. The van der Waals surface area contributed by atoms with Crippen LogP contribution in [0.1, 0.15) is 37.1 Å². The largest absolute Gasteiger partial charge is 0.497 e. The van der Waals surface area contributed by atoms with Crippen LogP contribution >= 0.6 is 23.2 Å². The molecule has 0 aliphatic heterocycles. The van der Waals surface area contributed by atoms with Gasteiger partial charge in [0, 0.05) is 5.02 Å². The van der Waals surface area contributed by atoms with E-state index in [4.69, 9.17) is 27.9 Å². The molecule has 15 heavy (non-hydrogen) atoms. The molecule has 0 amide bonds. The Morgan fingerprint density at radius 1 is 1.40 bits per heavy atom. The summed E-state index contributed by atoms with van der Waals surface area (Å²) in [4.78, 5) is 0. The van der Waals surface area contributed by atoms with Gasteiger partial charge in [0.1, 0.15) is 5.75 Å². The third kappa shape index (κ3) is 3.58. The smallest absolute Gasteiger partial charge is 0.120 e. The molecule has 0 aliphatic rings. The summed E-state index contributed by atoms with van der Waals surface area (Å²) >= 11 is 12.4. The molecule has 1 unspecified atom stereocenters. The van der Waals surface area contributed by atoms with Crippen LogP contribution in [0.4, 0.5) is 0 Å². The van der Waals surface area contributed by atoms with Crippen LogP contribution in [0, 0.1) is 0 Å². The molecule has 1 aromatic carbocycles. The Labute approximate surface area is 101 Å². The van der Waals surface area contributed by atoms with Crippen molar-refractivity contribution in [3.05, 3.63) is 28.8 Å². The second kappa shape index (κ2) is 6.24. The molecule has 0 bridgehead atoms. The van der Waals surface area contributed by atoms with Crippen LogP contribution in [0.15, 0.2) is 18.2 Å². The predicted octanol–water partition coefficient (Wildman–Crippen LogP) is 4.82. The lowest BCUT2D eigenvalue weighted by Crippen LogP contribution is -1.93. The third-order valence-electron chi connectivity index (χ3n) is 2.36. The highest BCUT2D eigenvalue weighted by atomic mass is 35.5. The number of hydrogen-bond acceptors (Lipinski definition) is 1. The fourth-order valence-electron chi connectivity index (χ4n) is 1.43. The Kier molecular flexibility index (Phi) is 5.27. The first-order valence-corrected chi connectivity index (χ1v) is 5.98. The van der Waals surface area contributed by atoms with Crippen molar-refractivity contribution in [1.29, 1.82) is 0 Å². The summed E-state index contributed by atoms with van der Waals surface area (Å²) in [6.07, 6.45) is 3.23. The molecular formula is C12H16Cl2O. The van der Waals surface area contributed by atoms with Crippen molar-refractivity contribution in [3.8, 4) is 5.75 Å². The number of unbranched alkanes of at least 4 members (excludes halogenated alkanes) is 1. The number of methoxy groups -OCH3 is 1. The van der Waals surface area contributed by atoms with E-state index in [1.165, 1.54) is 0 Å². The fraction of sp³-hybridized carbons (Fsp3) is 0.500. The molecule has 0 radical (unpaired) electrons. The quantitative estimate of drug-likeness (QED) is 0.678. The Morgan fingerprint density at radius 3 is 2.67 bits per heavy atom.